The topological polar surface area (TPSA) is 0 Å². The minimum absolute atomic E-state index is 1.07. The Kier molecular flexibility index (Phi) is 7.19. The fourth-order valence-electron chi connectivity index (χ4n) is 6.55. The second-order valence-corrected chi connectivity index (χ2v) is 11.2. The summed E-state index contributed by atoms with van der Waals surface area (Å²) < 4.78 is 0. The van der Waals surface area contributed by atoms with E-state index in [2.05, 4.69) is 159 Å². The molecule has 7 aromatic rings. The van der Waals surface area contributed by atoms with Crippen LogP contribution in [0.1, 0.15) is 24.5 Å². The Labute approximate surface area is 254 Å². The van der Waals surface area contributed by atoms with E-state index in [4.69, 9.17) is 0 Å². The van der Waals surface area contributed by atoms with Crippen LogP contribution in [0.3, 0.4) is 0 Å². The van der Waals surface area contributed by atoms with Crippen LogP contribution < -0.4 is 0 Å². The summed E-state index contributed by atoms with van der Waals surface area (Å²) in [6.07, 6.45) is 4.19. The highest BCUT2D eigenvalue weighted by Gasteiger charge is 2.17. The Balaban J connectivity index is 1.44. The van der Waals surface area contributed by atoms with Gasteiger partial charge in [-0.05, 0) is 102 Å². The standard InChI is InChI=1S/C43H34/c1-3-14-31-25-26-35(27-30(31)4-2)34-18-13-20-37(29-34)43-40-23-10-8-21-38(40)42(39-22-9-11-24-41(39)43)36-19-12-17-33(28-36)32-15-6-5-7-16-32/h4-13,15-29H,2-3,14H2,1H3. The molecule has 0 aliphatic carbocycles. The van der Waals surface area contributed by atoms with E-state index in [9.17, 15) is 0 Å². The normalized spacial score (nSPS) is 11.2. The van der Waals surface area contributed by atoms with Crippen LogP contribution in [0.15, 0.2) is 152 Å². The Hall–Kier alpha value is -5.20. The fraction of sp³-hybridized carbons (Fsp3) is 0.0698. The summed E-state index contributed by atoms with van der Waals surface area (Å²) in [5.74, 6) is 0. The molecule has 0 aromatic heterocycles. The van der Waals surface area contributed by atoms with Crippen molar-refractivity contribution in [1.82, 2.24) is 0 Å². The molecule has 0 heteroatoms. The fourth-order valence-corrected chi connectivity index (χ4v) is 6.55. The van der Waals surface area contributed by atoms with Crippen molar-refractivity contribution >= 4 is 27.6 Å². The molecule has 0 fully saturated rings. The first kappa shape index (κ1) is 26.7. The molecule has 7 aromatic carbocycles. The van der Waals surface area contributed by atoms with Gasteiger partial charge < -0.3 is 0 Å². The van der Waals surface area contributed by atoms with Crippen molar-refractivity contribution in [3.05, 3.63) is 163 Å². The maximum Gasteiger partial charge on any atom is -0.00262 e. The van der Waals surface area contributed by atoms with Crippen LogP contribution in [0, 0.1) is 0 Å². The Bertz CT molecular complexity index is 2040. The van der Waals surface area contributed by atoms with Gasteiger partial charge in [0.2, 0.25) is 0 Å². The van der Waals surface area contributed by atoms with E-state index in [0.717, 1.165) is 12.8 Å². The molecule has 0 atom stereocenters. The van der Waals surface area contributed by atoms with Crippen molar-refractivity contribution < 1.29 is 0 Å². The van der Waals surface area contributed by atoms with Gasteiger partial charge in [0.15, 0.2) is 0 Å². The van der Waals surface area contributed by atoms with E-state index in [1.54, 1.807) is 0 Å². The van der Waals surface area contributed by atoms with Crippen LogP contribution in [0.2, 0.25) is 0 Å². The second kappa shape index (κ2) is 11.6. The molecule has 0 N–H and O–H groups in total. The summed E-state index contributed by atoms with van der Waals surface area (Å²) in [6.45, 7) is 6.32. The molecule has 0 aliphatic rings. The van der Waals surface area contributed by atoms with Gasteiger partial charge in [0, 0.05) is 0 Å². The lowest BCUT2D eigenvalue weighted by Crippen LogP contribution is -1.92. The molecule has 0 spiro atoms. The predicted octanol–water partition coefficient (Wildman–Crippen LogP) is 12.3. The molecule has 43 heavy (non-hydrogen) atoms. The zero-order chi connectivity index (χ0) is 29.2. The first-order valence-electron chi connectivity index (χ1n) is 15.2. The summed E-state index contributed by atoms with van der Waals surface area (Å²) >= 11 is 0. The van der Waals surface area contributed by atoms with Gasteiger partial charge in [-0.15, -0.1) is 0 Å². The minimum atomic E-state index is 1.07. The van der Waals surface area contributed by atoms with Gasteiger partial charge in [0.05, 0.1) is 0 Å². The lowest BCUT2D eigenvalue weighted by atomic mass is 9.85. The first-order valence-corrected chi connectivity index (χ1v) is 15.2. The van der Waals surface area contributed by atoms with Crippen LogP contribution in [-0.4, -0.2) is 0 Å². The largest absolute Gasteiger partial charge is 0.0985 e. The van der Waals surface area contributed by atoms with Crippen molar-refractivity contribution in [3.63, 3.8) is 0 Å². The third-order valence-corrected chi connectivity index (χ3v) is 8.56. The van der Waals surface area contributed by atoms with E-state index in [1.165, 1.54) is 77.2 Å². The number of aryl methyl sites for hydroxylation is 1. The molecule has 206 valence electrons. The van der Waals surface area contributed by atoms with Gasteiger partial charge in [-0.2, -0.15) is 0 Å². The second-order valence-electron chi connectivity index (χ2n) is 11.2. The molecule has 0 unspecified atom stereocenters. The van der Waals surface area contributed by atoms with Gasteiger partial charge in [0.25, 0.3) is 0 Å². The summed E-state index contributed by atoms with van der Waals surface area (Å²) in [5.41, 5.74) is 12.5. The van der Waals surface area contributed by atoms with Crippen molar-refractivity contribution in [1.29, 1.82) is 0 Å². The van der Waals surface area contributed by atoms with Gasteiger partial charge in [0.1, 0.15) is 0 Å². The van der Waals surface area contributed by atoms with Gasteiger partial charge in [-0.1, -0.05) is 153 Å². The smallest absolute Gasteiger partial charge is 0.00262 e. The number of hydrogen-bond donors (Lipinski definition) is 0. The Morgan fingerprint density at radius 3 is 1.40 bits per heavy atom. The number of hydrogen-bond acceptors (Lipinski definition) is 0. The Morgan fingerprint density at radius 2 is 0.884 bits per heavy atom. The van der Waals surface area contributed by atoms with Crippen molar-refractivity contribution in [2.24, 2.45) is 0 Å². The summed E-state index contributed by atoms with van der Waals surface area (Å²) in [7, 11) is 0. The molecule has 0 saturated carbocycles. The SMILES string of the molecule is C=Cc1cc(-c2cccc(-c3c4ccccc4c(-c4cccc(-c5ccccc5)c4)c4ccccc34)c2)ccc1CCC. The summed E-state index contributed by atoms with van der Waals surface area (Å²) in [5, 5.41) is 5.07. The van der Waals surface area contributed by atoms with Crippen LogP contribution in [-0.2, 0) is 6.42 Å². The zero-order valence-electron chi connectivity index (χ0n) is 24.6. The van der Waals surface area contributed by atoms with E-state index < -0.39 is 0 Å². The number of benzene rings is 7. The van der Waals surface area contributed by atoms with Gasteiger partial charge in [-0.3, -0.25) is 0 Å². The molecule has 0 amide bonds. The summed E-state index contributed by atoms with van der Waals surface area (Å²) in [4.78, 5) is 0. The molecule has 0 heterocycles. The molecular weight excluding hydrogens is 516 g/mol. The highest BCUT2D eigenvalue weighted by molar-refractivity contribution is 6.21. The van der Waals surface area contributed by atoms with Gasteiger partial charge in [-0.25, -0.2) is 0 Å². The van der Waals surface area contributed by atoms with Crippen LogP contribution in [0.4, 0.5) is 0 Å². The monoisotopic (exact) mass is 550 g/mol. The predicted molar refractivity (Wildman–Crippen MR) is 187 cm³/mol. The minimum Gasteiger partial charge on any atom is -0.0985 e. The maximum atomic E-state index is 4.10. The maximum absolute atomic E-state index is 4.10. The van der Waals surface area contributed by atoms with E-state index >= 15 is 0 Å². The Morgan fingerprint density at radius 1 is 0.442 bits per heavy atom. The highest BCUT2D eigenvalue weighted by Crippen LogP contribution is 2.44. The molecule has 0 saturated heterocycles. The molecule has 0 bridgehead atoms. The van der Waals surface area contributed by atoms with Crippen LogP contribution >= 0.6 is 0 Å². The van der Waals surface area contributed by atoms with Gasteiger partial charge >= 0.3 is 0 Å². The number of fused-ring (bicyclic) bond motifs is 2. The van der Waals surface area contributed by atoms with E-state index in [-0.39, 0.29) is 0 Å². The van der Waals surface area contributed by atoms with Crippen LogP contribution in [0.5, 0.6) is 0 Å². The number of rotatable bonds is 7. The highest BCUT2D eigenvalue weighted by atomic mass is 14.2. The van der Waals surface area contributed by atoms with Crippen LogP contribution in [0.25, 0.3) is 72.1 Å². The first-order chi connectivity index (χ1) is 21.2. The molecule has 0 nitrogen and oxygen atoms in total. The molecule has 0 radical (unpaired) electrons. The lowest BCUT2D eigenvalue weighted by molar-refractivity contribution is 0.920. The molecule has 7 rings (SSSR count). The lowest BCUT2D eigenvalue weighted by Gasteiger charge is -2.18. The average molecular weight is 551 g/mol. The van der Waals surface area contributed by atoms with E-state index in [0.29, 0.717) is 0 Å². The third-order valence-electron chi connectivity index (χ3n) is 8.56. The summed E-state index contributed by atoms with van der Waals surface area (Å²) in [6, 6.07) is 53.2. The van der Waals surface area contributed by atoms with E-state index in [1.807, 2.05) is 6.08 Å². The molecular formula is C43H34. The average Bonchev–Trinajstić information content (AvgIpc) is 3.08. The van der Waals surface area contributed by atoms with Crippen molar-refractivity contribution in [3.8, 4) is 44.5 Å². The zero-order valence-corrected chi connectivity index (χ0v) is 24.6. The van der Waals surface area contributed by atoms with Crippen molar-refractivity contribution in [2.45, 2.75) is 19.8 Å². The quantitative estimate of drug-likeness (QED) is 0.173. The third kappa shape index (κ3) is 4.96. The van der Waals surface area contributed by atoms with Crippen molar-refractivity contribution in [2.75, 3.05) is 0 Å². The molecule has 0 aliphatic heterocycles.